The van der Waals surface area contributed by atoms with Crippen LogP contribution in [0.1, 0.15) is 43.6 Å². The van der Waals surface area contributed by atoms with Gasteiger partial charge in [-0.2, -0.15) is 0 Å². The average molecular weight is 209 g/mol. The molecule has 0 amide bonds. The van der Waals surface area contributed by atoms with Gasteiger partial charge in [-0.25, -0.2) is 0 Å². The minimum atomic E-state index is 0.391. The lowest BCUT2D eigenvalue weighted by Gasteiger charge is -2.16. The minimum Gasteiger partial charge on any atom is -0.123 e. The Bertz CT molecular complexity index is 268. The van der Waals surface area contributed by atoms with Crippen LogP contribution in [0.25, 0.3) is 0 Å². The van der Waals surface area contributed by atoms with E-state index in [-0.39, 0.29) is 0 Å². The summed E-state index contributed by atoms with van der Waals surface area (Å²) in [5.41, 5.74) is 1.47. The summed E-state index contributed by atoms with van der Waals surface area (Å²) < 4.78 is 0. The van der Waals surface area contributed by atoms with Crippen LogP contribution in [0.3, 0.4) is 0 Å². The van der Waals surface area contributed by atoms with Gasteiger partial charge in [0.25, 0.3) is 0 Å². The molecule has 0 bridgehead atoms. The van der Waals surface area contributed by atoms with Crippen LogP contribution >= 0.6 is 11.6 Å². The predicted molar refractivity (Wildman–Crippen MR) is 61.9 cm³/mol. The zero-order valence-electron chi connectivity index (χ0n) is 8.45. The van der Waals surface area contributed by atoms with Gasteiger partial charge < -0.3 is 0 Å². The molecule has 0 N–H and O–H groups in total. The van der Waals surface area contributed by atoms with Crippen molar-refractivity contribution in [2.75, 3.05) is 0 Å². The van der Waals surface area contributed by atoms with Gasteiger partial charge in [0.2, 0.25) is 0 Å². The Balaban J connectivity index is 2.09. The highest BCUT2D eigenvalue weighted by atomic mass is 35.5. The van der Waals surface area contributed by atoms with Crippen molar-refractivity contribution < 1.29 is 0 Å². The number of alkyl halides is 1. The van der Waals surface area contributed by atoms with Crippen molar-refractivity contribution in [3.63, 3.8) is 0 Å². The Labute approximate surface area is 91.3 Å². The molecule has 1 aromatic rings. The van der Waals surface area contributed by atoms with Gasteiger partial charge in [0.15, 0.2) is 0 Å². The number of rotatable bonds is 1. The summed E-state index contributed by atoms with van der Waals surface area (Å²) >= 11 is 6.27. The average Bonchev–Trinajstić information content (AvgIpc) is 2.44. The van der Waals surface area contributed by atoms with E-state index in [9.17, 15) is 0 Å². The largest absolute Gasteiger partial charge is 0.123 e. The maximum Gasteiger partial charge on any atom is 0.0341 e. The number of halogens is 1. The van der Waals surface area contributed by atoms with E-state index in [1.165, 1.54) is 31.2 Å². The summed E-state index contributed by atoms with van der Waals surface area (Å²) in [7, 11) is 0. The van der Waals surface area contributed by atoms with Crippen molar-refractivity contribution in [2.24, 2.45) is 0 Å². The number of benzene rings is 1. The van der Waals surface area contributed by atoms with Crippen LogP contribution in [0, 0.1) is 0 Å². The predicted octanol–water partition coefficient (Wildman–Crippen LogP) is 4.34. The zero-order valence-corrected chi connectivity index (χ0v) is 9.21. The quantitative estimate of drug-likeness (QED) is 0.476. The van der Waals surface area contributed by atoms with Gasteiger partial charge in [-0.1, -0.05) is 43.2 Å². The van der Waals surface area contributed by atoms with Gasteiger partial charge in [0, 0.05) is 5.38 Å². The molecule has 14 heavy (non-hydrogen) atoms. The fraction of sp³-hybridized carbons (Fsp3) is 0.538. The smallest absolute Gasteiger partial charge is 0.0341 e. The molecular formula is C13H17Cl. The second-order valence-corrected chi connectivity index (χ2v) is 4.84. The second-order valence-electron chi connectivity index (χ2n) is 4.23. The van der Waals surface area contributed by atoms with E-state index in [1.54, 1.807) is 0 Å². The normalized spacial score (nSPS) is 28.4. The van der Waals surface area contributed by atoms with Crippen LogP contribution in [-0.4, -0.2) is 5.38 Å². The molecule has 1 heteroatoms. The first kappa shape index (κ1) is 10.0. The summed E-state index contributed by atoms with van der Waals surface area (Å²) in [4.78, 5) is 0. The summed E-state index contributed by atoms with van der Waals surface area (Å²) in [6, 6.07) is 10.8. The lowest BCUT2D eigenvalue weighted by atomic mass is 9.92. The van der Waals surface area contributed by atoms with E-state index in [4.69, 9.17) is 11.6 Å². The van der Waals surface area contributed by atoms with Crippen LogP contribution < -0.4 is 0 Å². The molecule has 0 radical (unpaired) electrons. The van der Waals surface area contributed by atoms with E-state index in [2.05, 4.69) is 30.3 Å². The molecule has 1 fully saturated rings. The van der Waals surface area contributed by atoms with Crippen molar-refractivity contribution in [3.8, 4) is 0 Å². The van der Waals surface area contributed by atoms with E-state index >= 15 is 0 Å². The Morgan fingerprint density at radius 3 is 2.50 bits per heavy atom. The highest BCUT2D eigenvalue weighted by molar-refractivity contribution is 6.20. The molecule has 2 unspecified atom stereocenters. The van der Waals surface area contributed by atoms with Crippen LogP contribution in [0.2, 0.25) is 0 Å². The van der Waals surface area contributed by atoms with Crippen molar-refractivity contribution >= 4 is 11.6 Å². The molecule has 1 aliphatic carbocycles. The van der Waals surface area contributed by atoms with Crippen LogP contribution in [-0.2, 0) is 0 Å². The molecule has 1 aromatic carbocycles. The molecule has 1 aliphatic rings. The van der Waals surface area contributed by atoms with Crippen molar-refractivity contribution in [3.05, 3.63) is 35.9 Å². The first-order valence-corrected chi connectivity index (χ1v) is 5.99. The highest BCUT2D eigenvalue weighted by Crippen LogP contribution is 2.33. The number of hydrogen-bond donors (Lipinski definition) is 0. The van der Waals surface area contributed by atoms with Gasteiger partial charge in [-0.3, -0.25) is 0 Å². The van der Waals surface area contributed by atoms with Gasteiger partial charge in [0.1, 0.15) is 0 Å². The second kappa shape index (κ2) is 4.84. The van der Waals surface area contributed by atoms with E-state index in [0.29, 0.717) is 11.3 Å². The van der Waals surface area contributed by atoms with E-state index < -0.39 is 0 Å². The van der Waals surface area contributed by atoms with Gasteiger partial charge >= 0.3 is 0 Å². The summed E-state index contributed by atoms with van der Waals surface area (Å²) in [6.07, 6.45) is 6.31. The fourth-order valence-corrected chi connectivity index (χ4v) is 2.70. The molecule has 2 rings (SSSR count). The summed E-state index contributed by atoms with van der Waals surface area (Å²) in [5.74, 6) is 0.696. The standard InChI is InChI=1S/C13H17Cl/c14-13-9-5-4-8-12(10-13)11-6-2-1-3-7-11/h1-3,6-7,12-13H,4-5,8-10H2. The Hall–Kier alpha value is -0.490. The molecule has 0 nitrogen and oxygen atoms in total. The molecule has 0 aromatic heterocycles. The maximum atomic E-state index is 6.27. The first-order valence-electron chi connectivity index (χ1n) is 5.55. The lowest BCUT2D eigenvalue weighted by molar-refractivity contribution is 0.595. The Morgan fingerprint density at radius 2 is 1.71 bits per heavy atom. The molecule has 1 saturated carbocycles. The monoisotopic (exact) mass is 208 g/mol. The molecular weight excluding hydrogens is 192 g/mol. The molecule has 0 saturated heterocycles. The zero-order chi connectivity index (χ0) is 9.80. The minimum absolute atomic E-state index is 0.391. The highest BCUT2D eigenvalue weighted by Gasteiger charge is 2.19. The number of hydrogen-bond acceptors (Lipinski definition) is 0. The van der Waals surface area contributed by atoms with Crippen LogP contribution in [0.5, 0.6) is 0 Å². The van der Waals surface area contributed by atoms with Crippen molar-refractivity contribution in [2.45, 2.75) is 43.4 Å². The van der Waals surface area contributed by atoms with E-state index in [1.807, 2.05) is 0 Å². The van der Waals surface area contributed by atoms with Crippen LogP contribution in [0.4, 0.5) is 0 Å². The fourth-order valence-electron chi connectivity index (χ4n) is 2.33. The lowest BCUT2D eigenvalue weighted by Crippen LogP contribution is -2.03. The molecule has 76 valence electrons. The van der Waals surface area contributed by atoms with Gasteiger partial charge in [-0.05, 0) is 30.7 Å². The third-order valence-electron chi connectivity index (χ3n) is 3.13. The summed E-state index contributed by atoms with van der Waals surface area (Å²) in [6.45, 7) is 0. The summed E-state index contributed by atoms with van der Waals surface area (Å²) in [5, 5.41) is 0.391. The third kappa shape index (κ3) is 2.51. The molecule has 0 spiro atoms. The van der Waals surface area contributed by atoms with Gasteiger partial charge in [-0.15, -0.1) is 11.6 Å². The Kier molecular flexibility index (Phi) is 3.47. The Morgan fingerprint density at radius 1 is 1.00 bits per heavy atom. The molecule has 2 atom stereocenters. The molecule has 0 aliphatic heterocycles. The SMILES string of the molecule is ClC1CCCCC(c2ccccc2)C1. The first-order chi connectivity index (χ1) is 6.86. The van der Waals surface area contributed by atoms with Crippen molar-refractivity contribution in [1.29, 1.82) is 0 Å². The third-order valence-corrected chi connectivity index (χ3v) is 3.53. The molecule has 0 heterocycles. The van der Waals surface area contributed by atoms with Crippen molar-refractivity contribution in [1.82, 2.24) is 0 Å². The topological polar surface area (TPSA) is 0 Å². The maximum absolute atomic E-state index is 6.27. The van der Waals surface area contributed by atoms with Crippen LogP contribution in [0.15, 0.2) is 30.3 Å². The van der Waals surface area contributed by atoms with E-state index in [0.717, 1.165) is 6.42 Å². The van der Waals surface area contributed by atoms with Gasteiger partial charge in [0.05, 0.1) is 0 Å².